The van der Waals surface area contributed by atoms with Crippen LogP contribution in [-0.2, 0) is 20.0 Å². The van der Waals surface area contributed by atoms with Crippen LogP contribution < -0.4 is 5.32 Å². The summed E-state index contributed by atoms with van der Waals surface area (Å²) in [5.74, 6) is 1.59. The number of carbonyl (C=O) groups excluding carboxylic acids is 2. The Hall–Kier alpha value is -3.42. The van der Waals surface area contributed by atoms with Crippen LogP contribution in [0.25, 0.3) is 0 Å². The average molecular weight is 390 g/mol. The molecule has 3 aromatic rings. The lowest BCUT2D eigenvalue weighted by Crippen LogP contribution is -2.31. The molecule has 0 radical (unpaired) electrons. The van der Waals surface area contributed by atoms with Crippen LogP contribution >= 0.6 is 0 Å². The molecule has 148 valence electrons. The third-order valence-electron chi connectivity index (χ3n) is 5.95. The number of fused-ring (bicyclic) bond motifs is 2. The van der Waals surface area contributed by atoms with Gasteiger partial charge in [-0.2, -0.15) is 0 Å². The summed E-state index contributed by atoms with van der Waals surface area (Å²) in [6, 6.07) is 13.1. The van der Waals surface area contributed by atoms with Gasteiger partial charge in [-0.1, -0.05) is 18.2 Å². The third-order valence-corrected chi connectivity index (χ3v) is 5.95. The Morgan fingerprint density at radius 3 is 2.55 bits per heavy atom. The zero-order valence-electron chi connectivity index (χ0n) is 16.2. The third kappa shape index (κ3) is 3.10. The topological polar surface area (TPSA) is 85.1 Å². The molecule has 2 aromatic heterocycles. The van der Waals surface area contributed by atoms with Crippen LogP contribution in [0.15, 0.2) is 48.7 Å². The van der Waals surface area contributed by atoms with Gasteiger partial charge in [0.15, 0.2) is 0 Å². The van der Waals surface area contributed by atoms with Gasteiger partial charge in [0.25, 0.3) is 11.8 Å². The lowest BCUT2D eigenvalue weighted by Gasteiger charge is -2.25. The number of hydrogen-bond donors (Lipinski definition) is 1. The second-order valence-corrected chi connectivity index (χ2v) is 7.81. The van der Waals surface area contributed by atoms with Crippen LogP contribution in [-0.4, -0.2) is 49.1 Å². The van der Waals surface area contributed by atoms with Crippen LogP contribution in [0.2, 0.25) is 0 Å². The van der Waals surface area contributed by atoms with Crippen molar-refractivity contribution in [3.63, 3.8) is 0 Å². The molecule has 1 N–H and O–H groups in total. The summed E-state index contributed by atoms with van der Waals surface area (Å²) in [6.07, 6.45) is 2.61. The van der Waals surface area contributed by atoms with Crippen molar-refractivity contribution in [3.8, 4) is 0 Å². The van der Waals surface area contributed by atoms with Crippen molar-refractivity contribution in [1.29, 1.82) is 0 Å². The summed E-state index contributed by atoms with van der Waals surface area (Å²) < 4.78 is 3.77. The number of amides is 2. The van der Waals surface area contributed by atoms with E-state index in [0.29, 0.717) is 43.0 Å². The normalized spacial score (nSPS) is 20.2. The fraction of sp³-hybridized carbons (Fsp3) is 0.333. The summed E-state index contributed by atoms with van der Waals surface area (Å²) >= 11 is 0. The number of nitrogens with one attached hydrogen (secondary N) is 1. The maximum Gasteiger partial charge on any atom is 0.293 e. The van der Waals surface area contributed by atoms with Crippen molar-refractivity contribution in [1.82, 2.24) is 24.2 Å². The molecule has 2 aliphatic rings. The van der Waals surface area contributed by atoms with Gasteiger partial charge in [0.2, 0.25) is 5.82 Å². The van der Waals surface area contributed by atoms with Crippen molar-refractivity contribution in [2.24, 2.45) is 18.9 Å². The van der Waals surface area contributed by atoms with Gasteiger partial charge >= 0.3 is 0 Å². The van der Waals surface area contributed by atoms with Crippen LogP contribution in [0.5, 0.6) is 0 Å². The van der Waals surface area contributed by atoms with Gasteiger partial charge < -0.3 is 19.4 Å². The molecule has 1 fully saturated rings. The van der Waals surface area contributed by atoms with Crippen LogP contribution in [0.1, 0.15) is 26.9 Å². The van der Waals surface area contributed by atoms with Crippen molar-refractivity contribution >= 4 is 17.5 Å². The minimum Gasteiger partial charge on any atom is -0.347 e. The van der Waals surface area contributed by atoms with E-state index < -0.39 is 0 Å². The van der Waals surface area contributed by atoms with Gasteiger partial charge in [-0.3, -0.25) is 9.59 Å². The predicted molar refractivity (Wildman–Crippen MR) is 106 cm³/mol. The molecule has 5 rings (SSSR count). The van der Waals surface area contributed by atoms with Crippen molar-refractivity contribution < 1.29 is 9.59 Å². The Morgan fingerprint density at radius 2 is 1.79 bits per heavy atom. The molecular formula is C21H22N6O2. The molecule has 8 heteroatoms. The molecule has 0 spiro atoms. The minimum absolute atomic E-state index is 0.0599. The van der Waals surface area contributed by atoms with Crippen molar-refractivity contribution in [3.05, 3.63) is 66.0 Å². The van der Waals surface area contributed by atoms with E-state index >= 15 is 0 Å². The number of carbonyl (C=O) groups is 2. The highest BCUT2D eigenvalue weighted by molar-refractivity contribution is 6.01. The van der Waals surface area contributed by atoms with Gasteiger partial charge in [-0.15, -0.1) is 10.2 Å². The number of anilines is 1. The molecule has 1 saturated heterocycles. The summed E-state index contributed by atoms with van der Waals surface area (Å²) in [5.41, 5.74) is 1.43. The van der Waals surface area contributed by atoms with Gasteiger partial charge in [-0.05, 0) is 36.1 Å². The lowest BCUT2D eigenvalue weighted by molar-refractivity contribution is 0.0773. The number of benzene rings is 1. The average Bonchev–Trinajstić information content (AvgIpc) is 3.43. The highest BCUT2D eigenvalue weighted by Crippen LogP contribution is 2.33. The molecule has 2 aliphatic heterocycles. The second kappa shape index (κ2) is 6.88. The molecule has 4 heterocycles. The smallest absolute Gasteiger partial charge is 0.293 e. The molecule has 2 amide bonds. The lowest BCUT2D eigenvalue weighted by atomic mass is 9.89. The molecule has 1 aromatic carbocycles. The standard InChI is InChI=1S/C21H22N6O2/c1-25-9-5-8-17(25)21(29)26-11-14-10-18-23-24-19(27(18)13-15(14)12-26)20(28)22-16-6-3-2-4-7-16/h2-9,14-15H,10-13H2,1H3,(H,22,28)/t14-,15-/m1/s1. The first-order chi connectivity index (χ1) is 14.1. The number of hydrogen-bond acceptors (Lipinski definition) is 4. The van der Waals surface area contributed by atoms with Crippen LogP contribution in [0, 0.1) is 11.8 Å². The quantitative estimate of drug-likeness (QED) is 0.739. The van der Waals surface area contributed by atoms with Crippen LogP contribution in [0.4, 0.5) is 5.69 Å². The van der Waals surface area contributed by atoms with Crippen LogP contribution in [0.3, 0.4) is 0 Å². The van der Waals surface area contributed by atoms with Crippen molar-refractivity contribution in [2.75, 3.05) is 18.4 Å². The number of aryl methyl sites for hydroxylation is 1. The Kier molecular flexibility index (Phi) is 4.19. The number of nitrogens with zero attached hydrogens (tertiary/aromatic N) is 5. The highest BCUT2D eigenvalue weighted by atomic mass is 16.2. The molecule has 2 atom stereocenters. The van der Waals surface area contributed by atoms with E-state index in [9.17, 15) is 9.59 Å². The molecule has 29 heavy (non-hydrogen) atoms. The van der Waals surface area contributed by atoms with Gasteiger partial charge in [-0.25, -0.2) is 0 Å². The number of aromatic nitrogens is 4. The highest BCUT2D eigenvalue weighted by Gasteiger charge is 2.41. The fourth-order valence-electron chi connectivity index (χ4n) is 4.41. The largest absolute Gasteiger partial charge is 0.347 e. The summed E-state index contributed by atoms with van der Waals surface area (Å²) in [6.45, 7) is 2.06. The molecule has 0 unspecified atom stereocenters. The minimum atomic E-state index is -0.261. The maximum absolute atomic E-state index is 12.9. The molecular weight excluding hydrogens is 368 g/mol. The summed E-state index contributed by atoms with van der Waals surface area (Å²) in [7, 11) is 1.88. The SMILES string of the molecule is Cn1cccc1C(=O)N1C[C@H]2Cc3nnc(C(=O)Nc4ccccc4)n3C[C@H]2C1. The zero-order chi connectivity index (χ0) is 20.0. The first-order valence-electron chi connectivity index (χ1n) is 9.79. The zero-order valence-corrected chi connectivity index (χ0v) is 16.2. The molecule has 0 bridgehead atoms. The Morgan fingerprint density at radius 1 is 1.00 bits per heavy atom. The summed E-state index contributed by atoms with van der Waals surface area (Å²) in [5, 5.41) is 11.3. The van der Waals surface area contributed by atoms with E-state index in [0.717, 1.165) is 17.9 Å². The van der Waals surface area contributed by atoms with E-state index in [1.54, 1.807) is 0 Å². The Bertz CT molecular complexity index is 1070. The molecule has 0 saturated carbocycles. The van der Waals surface area contributed by atoms with Crippen molar-refractivity contribution in [2.45, 2.75) is 13.0 Å². The van der Waals surface area contributed by atoms with Gasteiger partial charge in [0.05, 0.1) is 0 Å². The van der Waals surface area contributed by atoms with E-state index in [-0.39, 0.29) is 11.8 Å². The second-order valence-electron chi connectivity index (χ2n) is 7.81. The van der Waals surface area contributed by atoms with Gasteiger partial charge in [0.1, 0.15) is 11.5 Å². The van der Waals surface area contributed by atoms with E-state index in [1.807, 2.05) is 69.7 Å². The Balaban J connectivity index is 1.32. The van der Waals surface area contributed by atoms with E-state index in [2.05, 4.69) is 15.5 Å². The summed E-state index contributed by atoms with van der Waals surface area (Å²) in [4.78, 5) is 27.5. The number of likely N-dealkylation sites (tertiary alicyclic amines) is 1. The first-order valence-corrected chi connectivity index (χ1v) is 9.79. The monoisotopic (exact) mass is 390 g/mol. The number of para-hydroxylation sites is 1. The van der Waals surface area contributed by atoms with E-state index in [1.165, 1.54) is 0 Å². The van der Waals surface area contributed by atoms with Gasteiger partial charge in [0, 0.05) is 45.0 Å². The first kappa shape index (κ1) is 17.7. The van der Waals surface area contributed by atoms with E-state index in [4.69, 9.17) is 0 Å². The molecule has 8 nitrogen and oxygen atoms in total. The molecule has 0 aliphatic carbocycles. The maximum atomic E-state index is 12.9. The Labute approximate surface area is 168 Å². The predicted octanol–water partition coefficient (Wildman–Crippen LogP) is 1.81. The fourth-order valence-corrected chi connectivity index (χ4v) is 4.41. The number of rotatable bonds is 3.